The molecule has 2 rings (SSSR count). The standard InChI is InChI=1S/C16H21N3O4/c1-4-9-17-13(20)10-19-14(21)16(2,18-15(19)22)11-5-7-12(23-3)8-6-11/h5-8H,4,9-10H2,1-3H3,(H,17,20)(H,18,22)/t16-/m0/s1. The SMILES string of the molecule is CCCNC(=O)CN1C(=O)N[C@@](C)(c2ccc(OC)cc2)C1=O. The third-order valence-electron chi connectivity index (χ3n) is 3.82. The second kappa shape index (κ2) is 6.68. The molecule has 1 fully saturated rings. The number of hydrogen-bond donors (Lipinski definition) is 2. The number of urea groups is 1. The van der Waals surface area contributed by atoms with Gasteiger partial charge in [0, 0.05) is 6.54 Å². The molecule has 0 radical (unpaired) electrons. The van der Waals surface area contributed by atoms with Gasteiger partial charge in [0.1, 0.15) is 17.8 Å². The van der Waals surface area contributed by atoms with E-state index in [0.717, 1.165) is 11.3 Å². The van der Waals surface area contributed by atoms with Gasteiger partial charge in [-0.15, -0.1) is 0 Å². The van der Waals surface area contributed by atoms with Crippen LogP contribution in [0.15, 0.2) is 24.3 Å². The van der Waals surface area contributed by atoms with E-state index in [0.29, 0.717) is 17.9 Å². The summed E-state index contributed by atoms with van der Waals surface area (Å²) in [5.74, 6) is -0.140. The molecule has 0 aliphatic carbocycles. The summed E-state index contributed by atoms with van der Waals surface area (Å²) in [4.78, 5) is 37.4. The van der Waals surface area contributed by atoms with Crippen molar-refractivity contribution in [1.29, 1.82) is 0 Å². The van der Waals surface area contributed by atoms with E-state index in [1.54, 1.807) is 38.3 Å². The van der Waals surface area contributed by atoms with Crippen LogP contribution < -0.4 is 15.4 Å². The van der Waals surface area contributed by atoms with Crippen LogP contribution >= 0.6 is 0 Å². The van der Waals surface area contributed by atoms with Crippen LogP contribution in [0, 0.1) is 0 Å². The number of benzene rings is 1. The summed E-state index contributed by atoms with van der Waals surface area (Å²) in [5, 5.41) is 5.32. The molecular weight excluding hydrogens is 298 g/mol. The van der Waals surface area contributed by atoms with Gasteiger partial charge in [0.25, 0.3) is 5.91 Å². The number of carbonyl (C=O) groups is 3. The molecule has 0 saturated carbocycles. The third-order valence-corrected chi connectivity index (χ3v) is 3.82. The number of ether oxygens (including phenoxy) is 1. The molecule has 4 amide bonds. The van der Waals surface area contributed by atoms with Crippen molar-refractivity contribution in [1.82, 2.24) is 15.5 Å². The zero-order valence-electron chi connectivity index (χ0n) is 13.5. The zero-order valence-corrected chi connectivity index (χ0v) is 13.5. The summed E-state index contributed by atoms with van der Waals surface area (Å²) in [6.45, 7) is 3.78. The topological polar surface area (TPSA) is 87.7 Å². The molecule has 1 aliphatic rings. The monoisotopic (exact) mass is 319 g/mol. The number of imide groups is 1. The van der Waals surface area contributed by atoms with Crippen molar-refractivity contribution in [3.05, 3.63) is 29.8 Å². The highest BCUT2D eigenvalue weighted by Crippen LogP contribution is 2.29. The van der Waals surface area contributed by atoms with Crippen LogP contribution in [0.5, 0.6) is 5.75 Å². The predicted octanol–water partition coefficient (Wildman–Crippen LogP) is 0.988. The fourth-order valence-electron chi connectivity index (χ4n) is 2.42. The molecule has 1 aliphatic heterocycles. The van der Waals surface area contributed by atoms with Gasteiger partial charge in [-0.2, -0.15) is 0 Å². The van der Waals surface area contributed by atoms with Crippen LogP contribution in [0.1, 0.15) is 25.8 Å². The molecule has 1 aromatic rings. The molecule has 0 aromatic heterocycles. The summed E-state index contributed by atoms with van der Waals surface area (Å²) in [6, 6.07) is 6.31. The largest absolute Gasteiger partial charge is 0.497 e. The van der Waals surface area contributed by atoms with E-state index in [1.165, 1.54) is 0 Å². The molecule has 23 heavy (non-hydrogen) atoms. The minimum Gasteiger partial charge on any atom is -0.497 e. The highest BCUT2D eigenvalue weighted by Gasteiger charge is 2.49. The molecule has 1 atom stereocenters. The first kappa shape index (κ1) is 16.8. The first-order chi connectivity index (χ1) is 10.9. The maximum atomic E-state index is 12.6. The molecule has 7 nitrogen and oxygen atoms in total. The molecule has 1 heterocycles. The van der Waals surface area contributed by atoms with Gasteiger partial charge in [0.2, 0.25) is 5.91 Å². The Morgan fingerprint density at radius 2 is 1.96 bits per heavy atom. The van der Waals surface area contributed by atoms with Gasteiger partial charge >= 0.3 is 6.03 Å². The summed E-state index contributed by atoms with van der Waals surface area (Å²) < 4.78 is 5.09. The average molecular weight is 319 g/mol. The minimum absolute atomic E-state index is 0.281. The normalized spacial score (nSPS) is 20.4. The van der Waals surface area contributed by atoms with E-state index in [4.69, 9.17) is 4.74 Å². The Kier molecular flexibility index (Phi) is 4.88. The van der Waals surface area contributed by atoms with Crippen LogP contribution in [0.2, 0.25) is 0 Å². The maximum absolute atomic E-state index is 12.6. The van der Waals surface area contributed by atoms with Crippen LogP contribution in [0.25, 0.3) is 0 Å². The second-order valence-corrected chi connectivity index (χ2v) is 5.52. The Morgan fingerprint density at radius 3 is 2.52 bits per heavy atom. The lowest BCUT2D eigenvalue weighted by Gasteiger charge is -2.22. The van der Waals surface area contributed by atoms with Gasteiger partial charge in [0.05, 0.1) is 7.11 Å². The smallest absolute Gasteiger partial charge is 0.325 e. The minimum atomic E-state index is -1.19. The second-order valence-electron chi connectivity index (χ2n) is 5.52. The number of hydrogen-bond acceptors (Lipinski definition) is 4. The van der Waals surface area contributed by atoms with Gasteiger partial charge in [-0.1, -0.05) is 19.1 Å². The molecule has 0 spiro atoms. The van der Waals surface area contributed by atoms with Gasteiger partial charge in [-0.05, 0) is 31.0 Å². The lowest BCUT2D eigenvalue weighted by atomic mass is 9.92. The van der Waals surface area contributed by atoms with E-state index >= 15 is 0 Å². The molecule has 2 N–H and O–H groups in total. The summed E-state index contributed by atoms with van der Waals surface area (Å²) in [6.07, 6.45) is 0.787. The van der Waals surface area contributed by atoms with Gasteiger partial charge < -0.3 is 15.4 Å². The first-order valence-electron chi connectivity index (χ1n) is 7.47. The fourth-order valence-corrected chi connectivity index (χ4v) is 2.42. The number of nitrogens with one attached hydrogen (secondary N) is 2. The van der Waals surface area contributed by atoms with Crippen molar-refractivity contribution in [2.24, 2.45) is 0 Å². The Labute approximate surface area is 135 Å². The van der Waals surface area contributed by atoms with Gasteiger partial charge in [0.15, 0.2) is 0 Å². The van der Waals surface area contributed by atoms with Gasteiger partial charge in [-0.3, -0.25) is 14.5 Å². The van der Waals surface area contributed by atoms with Crippen molar-refractivity contribution in [3.63, 3.8) is 0 Å². The van der Waals surface area contributed by atoms with Crippen LogP contribution in [-0.4, -0.2) is 42.9 Å². The van der Waals surface area contributed by atoms with E-state index in [2.05, 4.69) is 10.6 Å². The molecule has 7 heteroatoms. The van der Waals surface area contributed by atoms with Crippen molar-refractivity contribution >= 4 is 17.8 Å². The van der Waals surface area contributed by atoms with Crippen molar-refractivity contribution < 1.29 is 19.1 Å². The van der Waals surface area contributed by atoms with Gasteiger partial charge in [-0.25, -0.2) is 4.79 Å². The first-order valence-corrected chi connectivity index (χ1v) is 7.47. The molecule has 1 aromatic carbocycles. The van der Waals surface area contributed by atoms with Crippen LogP contribution in [-0.2, 0) is 15.1 Å². The number of carbonyl (C=O) groups excluding carboxylic acids is 3. The van der Waals surface area contributed by atoms with Crippen molar-refractivity contribution in [2.75, 3.05) is 20.2 Å². The van der Waals surface area contributed by atoms with E-state index in [1.807, 2.05) is 6.92 Å². The maximum Gasteiger partial charge on any atom is 0.325 e. The Morgan fingerprint density at radius 1 is 1.30 bits per heavy atom. The zero-order chi connectivity index (χ0) is 17.0. The lowest BCUT2D eigenvalue weighted by Crippen LogP contribution is -2.43. The molecule has 0 unspecified atom stereocenters. The molecular formula is C16H21N3O4. The number of rotatable bonds is 6. The Bertz CT molecular complexity index is 614. The third kappa shape index (κ3) is 3.28. The van der Waals surface area contributed by atoms with Crippen LogP contribution in [0.4, 0.5) is 4.79 Å². The summed E-state index contributed by atoms with van der Waals surface area (Å²) in [5.41, 5.74) is -0.554. The molecule has 1 saturated heterocycles. The van der Waals surface area contributed by atoms with Crippen molar-refractivity contribution in [2.45, 2.75) is 25.8 Å². The number of nitrogens with zero attached hydrogens (tertiary/aromatic N) is 1. The average Bonchev–Trinajstić information content (AvgIpc) is 2.77. The Balaban J connectivity index is 2.16. The fraction of sp³-hybridized carbons (Fsp3) is 0.438. The molecule has 124 valence electrons. The van der Waals surface area contributed by atoms with Crippen molar-refractivity contribution in [3.8, 4) is 5.75 Å². The van der Waals surface area contributed by atoms with E-state index < -0.39 is 17.5 Å². The number of methoxy groups -OCH3 is 1. The lowest BCUT2D eigenvalue weighted by molar-refractivity contribution is -0.134. The summed E-state index contributed by atoms with van der Waals surface area (Å²) >= 11 is 0. The predicted molar refractivity (Wildman–Crippen MR) is 83.9 cm³/mol. The Hall–Kier alpha value is -2.57. The van der Waals surface area contributed by atoms with E-state index in [-0.39, 0.29) is 12.5 Å². The highest BCUT2D eigenvalue weighted by molar-refractivity contribution is 6.09. The van der Waals surface area contributed by atoms with E-state index in [9.17, 15) is 14.4 Å². The van der Waals surface area contributed by atoms with Crippen LogP contribution in [0.3, 0.4) is 0 Å². The number of amides is 4. The quantitative estimate of drug-likeness (QED) is 0.765. The highest BCUT2D eigenvalue weighted by atomic mass is 16.5. The summed E-state index contributed by atoms with van der Waals surface area (Å²) in [7, 11) is 1.55. The molecule has 0 bridgehead atoms.